The predicted octanol–water partition coefficient (Wildman–Crippen LogP) is -0.322. The minimum Gasteiger partial charge on any atom is -0.484 e. The summed E-state index contributed by atoms with van der Waals surface area (Å²) in [7, 11) is 1.50. The first-order valence-corrected chi connectivity index (χ1v) is 6.49. The van der Waals surface area contributed by atoms with Gasteiger partial charge >= 0.3 is 0 Å². The summed E-state index contributed by atoms with van der Waals surface area (Å²) in [6, 6.07) is 6.32. The minimum absolute atomic E-state index is 0.205. The van der Waals surface area contributed by atoms with Crippen molar-refractivity contribution >= 4 is 11.8 Å². The summed E-state index contributed by atoms with van der Waals surface area (Å²) in [5.41, 5.74) is 5.42. The van der Waals surface area contributed by atoms with Crippen LogP contribution in [0, 0.1) is 0 Å². The first kappa shape index (κ1) is 16.9. The zero-order valence-electron chi connectivity index (χ0n) is 11.9. The molecule has 0 aromatic heterocycles. The van der Waals surface area contributed by atoms with Gasteiger partial charge < -0.3 is 25.6 Å². The number of methoxy groups -OCH3 is 1. The van der Waals surface area contributed by atoms with Crippen LogP contribution in [-0.4, -0.2) is 49.9 Å². The van der Waals surface area contributed by atoms with Crippen molar-refractivity contribution in [2.45, 2.75) is 12.5 Å². The molecule has 7 nitrogen and oxygen atoms in total. The van der Waals surface area contributed by atoms with Gasteiger partial charge in [0.15, 0.2) is 6.61 Å². The van der Waals surface area contributed by atoms with Crippen molar-refractivity contribution in [1.29, 1.82) is 0 Å². The lowest BCUT2D eigenvalue weighted by Crippen LogP contribution is -2.28. The van der Waals surface area contributed by atoms with Crippen molar-refractivity contribution in [2.75, 3.05) is 26.9 Å². The van der Waals surface area contributed by atoms with E-state index in [-0.39, 0.29) is 19.1 Å². The summed E-state index contributed by atoms with van der Waals surface area (Å²) in [5.74, 6) is -0.353. The summed E-state index contributed by atoms with van der Waals surface area (Å²) in [4.78, 5) is 22.4. The zero-order valence-corrected chi connectivity index (χ0v) is 11.9. The third-order valence-electron chi connectivity index (χ3n) is 2.62. The fourth-order valence-corrected chi connectivity index (χ4v) is 1.59. The molecule has 0 aliphatic carbocycles. The normalized spacial score (nSPS) is 11.7. The van der Waals surface area contributed by atoms with Crippen molar-refractivity contribution in [3.63, 3.8) is 0 Å². The van der Waals surface area contributed by atoms with Crippen LogP contribution in [0.4, 0.5) is 0 Å². The average molecular weight is 296 g/mol. The number of aliphatic hydroxyl groups is 1. The molecular formula is C14H20N2O5. The Morgan fingerprint density at radius 1 is 1.33 bits per heavy atom. The number of nitrogens with two attached hydrogens (primary N) is 1. The Labute approximate surface area is 123 Å². The van der Waals surface area contributed by atoms with Gasteiger partial charge in [0.1, 0.15) is 5.75 Å². The SMILES string of the molecule is COCC(O)CCNC(=O)c1ccc(OCC(N)=O)cc1. The van der Waals surface area contributed by atoms with Gasteiger partial charge in [-0.15, -0.1) is 0 Å². The van der Waals surface area contributed by atoms with Crippen LogP contribution in [0.25, 0.3) is 0 Å². The molecule has 116 valence electrons. The number of ether oxygens (including phenoxy) is 2. The first-order chi connectivity index (χ1) is 10.0. The van der Waals surface area contributed by atoms with E-state index in [1.54, 1.807) is 24.3 Å². The number of primary amides is 1. The van der Waals surface area contributed by atoms with Crippen LogP contribution < -0.4 is 15.8 Å². The molecule has 0 saturated carbocycles. The van der Waals surface area contributed by atoms with Crippen molar-refractivity contribution < 1.29 is 24.2 Å². The van der Waals surface area contributed by atoms with E-state index in [4.69, 9.17) is 15.2 Å². The molecule has 0 bridgehead atoms. The van der Waals surface area contributed by atoms with Crippen LogP contribution in [0.15, 0.2) is 24.3 Å². The molecule has 21 heavy (non-hydrogen) atoms. The number of carbonyl (C=O) groups excluding carboxylic acids is 2. The summed E-state index contributed by atoms with van der Waals surface area (Å²) in [6.45, 7) is 0.383. The quantitative estimate of drug-likeness (QED) is 0.578. The number of hydrogen-bond acceptors (Lipinski definition) is 5. The molecule has 2 amide bonds. The third kappa shape index (κ3) is 6.73. The summed E-state index contributed by atoms with van der Waals surface area (Å²) in [5, 5.41) is 12.1. The molecule has 0 saturated heterocycles. The maximum absolute atomic E-state index is 11.8. The van der Waals surface area contributed by atoms with Crippen LogP contribution in [0.5, 0.6) is 5.75 Å². The second kappa shape index (κ2) is 8.93. The van der Waals surface area contributed by atoms with E-state index < -0.39 is 12.0 Å². The average Bonchev–Trinajstić information content (AvgIpc) is 2.45. The molecule has 4 N–H and O–H groups in total. The first-order valence-electron chi connectivity index (χ1n) is 6.49. The summed E-state index contributed by atoms with van der Waals surface area (Å²) in [6.07, 6.45) is -0.181. The van der Waals surface area contributed by atoms with Crippen LogP contribution in [0.2, 0.25) is 0 Å². The smallest absolute Gasteiger partial charge is 0.255 e. The highest BCUT2D eigenvalue weighted by Crippen LogP contribution is 2.12. The lowest BCUT2D eigenvalue weighted by molar-refractivity contribution is -0.119. The monoisotopic (exact) mass is 296 g/mol. The van der Waals surface area contributed by atoms with E-state index >= 15 is 0 Å². The highest BCUT2D eigenvalue weighted by molar-refractivity contribution is 5.94. The fourth-order valence-electron chi connectivity index (χ4n) is 1.59. The van der Waals surface area contributed by atoms with Gasteiger partial charge in [-0.1, -0.05) is 0 Å². The van der Waals surface area contributed by atoms with Crippen molar-refractivity contribution in [1.82, 2.24) is 5.32 Å². The Hall–Kier alpha value is -2.12. The van der Waals surface area contributed by atoms with Gasteiger partial charge in [0.05, 0.1) is 12.7 Å². The zero-order chi connectivity index (χ0) is 15.7. The maximum atomic E-state index is 11.8. The molecule has 1 atom stereocenters. The van der Waals surface area contributed by atoms with E-state index in [0.29, 0.717) is 24.3 Å². The second-order valence-electron chi connectivity index (χ2n) is 4.43. The Morgan fingerprint density at radius 2 is 2.00 bits per heavy atom. The van der Waals surface area contributed by atoms with Crippen LogP contribution in [0.3, 0.4) is 0 Å². The molecule has 0 aliphatic rings. The van der Waals surface area contributed by atoms with Gasteiger partial charge in [-0.2, -0.15) is 0 Å². The maximum Gasteiger partial charge on any atom is 0.255 e. The second-order valence-corrected chi connectivity index (χ2v) is 4.43. The molecule has 7 heteroatoms. The van der Waals surface area contributed by atoms with Gasteiger partial charge in [-0.25, -0.2) is 0 Å². The Morgan fingerprint density at radius 3 is 2.57 bits per heavy atom. The highest BCUT2D eigenvalue weighted by Gasteiger charge is 2.08. The lowest BCUT2D eigenvalue weighted by atomic mass is 10.2. The van der Waals surface area contributed by atoms with Gasteiger partial charge in [0.25, 0.3) is 11.8 Å². The number of aliphatic hydroxyl groups excluding tert-OH is 1. The molecular weight excluding hydrogens is 276 g/mol. The van der Waals surface area contributed by atoms with E-state index in [9.17, 15) is 14.7 Å². The third-order valence-corrected chi connectivity index (χ3v) is 2.62. The van der Waals surface area contributed by atoms with E-state index in [2.05, 4.69) is 5.32 Å². The summed E-state index contributed by atoms with van der Waals surface area (Å²) >= 11 is 0. The highest BCUT2D eigenvalue weighted by atomic mass is 16.5. The van der Waals surface area contributed by atoms with Gasteiger partial charge in [0, 0.05) is 19.2 Å². The number of amides is 2. The Kier molecular flexibility index (Phi) is 7.20. The number of nitrogens with one attached hydrogen (secondary N) is 1. The molecule has 1 aromatic carbocycles. The molecule has 0 spiro atoms. The van der Waals surface area contributed by atoms with E-state index in [1.807, 2.05) is 0 Å². The molecule has 0 aliphatic heterocycles. The van der Waals surface area contributed by atoms with Crippen LogP contribution >= 0.6 is 0 Å². The van der Waals surface area contributed by atoms with Crippen molar-refractivity contribution in [3.05, 3.63) is 29.8 Å². The molecule has 0 radical (unpaired) electrons. The van der Waals surface area contributed by atoms with Gasteiger partial charge in [0.2, 0.25) is 0 Å². The van der Waals surface area contributed by atoms with E-state index in [0.717, 1.165) is 0 Å². The number of rotatable bonds is 9. The fraction of sp³-hybridized carbons (Fsp3) is 0.429. The standard InChI is InChI=1S/C14H20N2O5/c1-20-8-11(17)6-7-16-14(19)10-2-4-12(5-3-10)21-9-13(15)18/h2-5,11,17H,6-9H2,1H3,(H2,15,18)(H,16,19). The molecule has 0 heterocycles. The van der Waals surface area contributed by atoms with Gasteiger partial charge in [-0.05, 0) is 30.7 Å². The topological polar surface area (TPSA) is 111 Å². The largest absolute Gasteiger partial charge is 0.484 e. The minimum atomic E-state index is -0.597. The number of carbonyl (C=O) groups is 2. The Balaban J connectivity index is 2.39. The van der Waals surface area contributed by atoms with Crippen LogP contribution in [-0.2, 0) is 9.53 Å². The van der Waals surface area contributed by atoms with Crippen LogP contribution in [0.1, 0.15) is 16.8 Å². The molecule has 1 aromatic rings. The summed E-state index contributed by atoms with van der Waals surface area (Å²) < 4.78 is 9.88. The molecule has 1 rings (SSSR count). The Bertz CT molecular complexity index is 461. The van der Waals surface area contributed by atoms with Crippen molar-refractivity contribution in [2.24, 2.45) is 5.73 Å². The van der Waals surface area contributed by atoms with Gasteiger partial charge in [-0.3, -0.25) is 9.59 Å². The number of benzene rings is 1. The van der Waals surface area contributed by atoms with E-state index in [1.165, 1.54) is 7.11 Å². The number of hydrogen-bond donors (Lipinski definition) is 3. The van der Waals surface area contributed by atoms with Crippen molar-refractivity contribution in [3.8, 4) is 5.75 Å². The predicted molar refractivity (Wildman–Crippen MR) is 76.0 cm³/mol. The lowest BCUT2D eigenvalue weighted by Gasteiger charge is -2.10. The molecule has 1 unspecified atom stereocenters. The molecule has 0 fully saturated rings.